The van der Waals surface area contributed by atoms with Crippen molar-refractivity contribution in [2.24, 2.45) is 5.92 Å². The third-order valence-corrected chi connectivity index (χ3v) is 15.0. The molecule has 2 aliphatic carbocycles. The van der Waals surface area contributed by atoms with E-state index < -0.39 is 103 Å². The molecular weight excluding hydrogens is 1010 g/mol. The molecule has 0 saturated heterocycles. The van der Waals surface area contributed by atoms with E-state index in [0.29, 0.717) is 89.5 Å². The number of halogens is 1. The summed E-state index contributed by atoms with van der Waals surface area (Å²) in [6.07, 6.45) is 5.24. The van der Waals surface area contributed by atoms with E-state index in [-0.39, 0.29) is 67.8 Å². The van der Waals surface area contributed by atoms with Gasteiger partial charge in [0.05, 0.1) is 54.7 Å². The third kappa shape index (κ3) is 11.6. The number of aryl methyl sites for hydroxylation is 1. The predicted octanol–water partition coefficient (Wildman–Crippen LogP) is 1.06. The minimum atomic E-state index is -2.05. The van der Waals surface area contributed by atoms with E-state index in [1.54, 1.807) is 50.2 Å². The highest BCUT2D eigenvalue weighted by atomic mass is 19.1. The quantitative estimate of drug-likeness (QED) is 0.0209. The van der Waals surface area contributed by atoms with Crippen molar-refractivity contribution in [1.29, 1.82) is 0 Å². The van der Waals surface area contributed by atoms with Crippen molar-refractivity contribution in [2.75, 3.05) is 32.9 Å². The van der Waals surface area contributed by atoms with Crippen LogP contribution in [-0.2, 0) is 84.2 Å². The van der Waals surface area contributed by atoms with Gasteiger partial charge in [0.15, 0.2) is 5.60 Å². The average molecular weight is 1070 g/mol. The second-order valence-corrected chi connectivity index (χ2v) is 20.1. The lowest BCUT2D eigenvalue weighted by molar-refractivity contribution is -0.172. The summed E-state index contributed by atoms with van der Waals surface area (Å²) >= 11 is 0. The number of esters is 1. The van der Waals surface area contributed by atoms with Crippen molar-refractivity contribution in [1.82, 2.24) is 46.4 Å². The number of carbonyl (C=O) groups is 9. The maximum atomic E-state index is 15.5. The molecule has 23 heteroatoms. The number of unbranched alkanes of at least 4 members (excludes halogenated alkanes) is 2. The number of aliphatic hydroxyl groups is 1. The number of imide groups is 1. The van der Waals surface area contributed by atoms with Gasteiger partial charge in [-0.15, -0.1) is 0 Å². The van der Waals surface area contributed by atoms with Gasteiger partial charge in [0.1, 0.15) is 31.3 Å². The Morgan fingerprint density at radius 2 is 1.55 bits per heavy atom. The standard InChI is InChI=1S/C55H60FN9O13/c1-3-55(76)35-21-40-49-33(26-65(40)53(74)34(35)27-77-54(55)75)48-37(16-15-32-29(2)36(56)22-38(62-49)47(32)48)63-52(73)50(31-13-14-31)78-28-60-43(68)24-59-51(72)39(20-30-10-6-4-7-11-30)61-44(69)25-58-42(67)23-57-41(66)12-8-5-9-19-64-45(70)17-18-46(64)71/h4,6-7,10-11,17-18,21-22,31,37,39,50,76H,3,5,8-9,12-16,19-20,23-28H2,1-2H3,(H,57,66)(H,58,67)(H,59,72)(H,60,68)(H,61,69)(H,63,73)/t37-,39-,50+,55-/m0/s1. The smallest absolute Gasteiger partial charge is 0.343 e. The highest BCUT2D eigenvalue weighted by molar-refractivity contribution is 6.12. The lowest BCUT2D eigenvalue weighted by Crippen LogP contribution is -2.52. The summed E-state index contributed by atoms with van der Waals surface area (Å²) < 4.78 is 28.3. The Kier molecular flexibility index (Phi) is 16.2. The van der Waals surface area contributed by atoms with Crippen LogP contribution in [0, 0.1) is 18.7 Å². The number of nitrogens with zero attached hydrogens (tertiary/aromatic N) is 3. The van der Waals surface area contributed by atoms with Crippen LogP contribution >= 0.6 is 0 Å². The highest BCUT2D eigenvalue weighted by Gasteiger charge is 2.46. The first-order valence-corrected chi connectivity index (χ1v) is 26.1. The van der Waals surface area contributed by atoms with Crippen molar-refractivity contribution in [3.05, 3.63) is 110 Å². The zero-order chi connectivity index (χ0) is 55.4. The monoisotopic (exact) mass is 1070 g/mol. The molecule has 4 aromatic rings. The summed E-state index contributed by atoms with van der Waals surface area (Å²) in [7, 11) is 0. The van der Waals surface area contributed by atoms with Gasteiger partial charge in [-0.3, -0.25) is 48.1 Å². The Bertz CT molecular complexity index is 3210. The summed E-state index contributed by atoms with van der Waals surface area (Å²) in [5.41, 5.74) is 1.96. The predicted molar refractivity (Wildman–Crippen MR) is 274 cm³/mol. The zero-order valence-corrected chi connectivity index (χ0v) is 43.1. The first kappa shape index (κ1) is 54.6. The molecule has 0 unspecified atom stereocenters. The Labute approximate surface area is 446 Å². The summed E-state index contributed by atoms with van der Waals surface area (Å²) in [6, 6.07) is 9.91. The molecule has 1 fully saturated rings. The van der Waals surface area contributed by atoms with E-state index in [0.717, 1.165) is 10.5 Å². The second-order valence-electron chi connectivity index (χ2n) is 20.1. The van der Waals surface area contributed by atoms with Gasteiger partial charge < -0.3 is 51.0 Å². The van der Waals surface area contributed by atoms with Crippen molar-refractivity contribution >= 4 is 64.1 Å². The SMILES string of the molecule is CC[C@@]1(O)C(=O)OCc2c1cc1n(c2=O)Cc2c-1nc1cc(F)c(C)c3c1c2[C@@H](NC(=O)[C@H](OCNC(=O)CNC(=O)[C@H](Cc1ccccc1)NC(=O)CNC(=O)CNC(=O)CCCCCN1C(=O)C=CC1=O)C1CC1)CC3. The molecule has 9 rings (SSSR count). The molecule has 0 bridgehead atoms. The molecule has 22 nitrogen and oxygen atoms in total. The molecular formula is C55H60FN9O13. The van der Waals surface area contributed by atoms with Crippen LogP contribution in [0.25, 0.3) is 22.3 Å². The first-order chi connectivity index (χ1) is 37.4. The minimum absolute atomic E-state index is 0.0396. The van der Waals surface area contributed by atoms with E-state index in [1.165, 1.54) is 22.8 Å². The lowest BCUT2D eigenvalue weighted by atomic mass is 9.81. The van der Waals surface area contributed by atoms with Gasteiger partial charge in [-0.25, -0.2) is 14.2 Å². The Morgan fingerprint density at radius 3 is 2.28 bits per heavy atom. The van der Waals surface area contributed by atoms with Crippen molar-refractivity contribution < 1.29 is 62.1 Å². The van der Waals surface area contributed by atoms with Crippen LogP contribution in [0.5, 0.6) is 0 Å². The summed E-state index contributed by atoms with van der Waals surface area (Å²) in [5, 5.41) is 27.8. The number of aromatic nitrogens is 2. The molecule has 3 aliphatic heterocycles. The largest absolute Gasteiger partial charge is 0.458 e. The Morgan fingerprint density at radius 1 is 0.846 bits per heavy atom. The minimum Gasteiger partial charge on any atom is -0.458 e. The number of rotatable bonds is 23. The fraction of sp³-hybridized carbons (Fsp3) is 0.436. The first-order valence-electron chi connectivity index (χ1n) is 26.1. The molecule has 1 saturated carbocycles. The van der Waals surface area contributed by atoms with E-state index in [4.69, 9.17) is 14.5 Å². The van der Waals surface area contributed by atoms with Crippen molar-refractivity contribution in [3.8, 4) is 11.4 Å². The van der Waals surface area contributed by atoms with E-state index in [9.17, 15) is 53.1 Å². The van der Waals surface area contributed by atoms with Gasteiger partial charge in [-0.1, -0.05) is 43.7 Å². The van der Waals surface area contributed by atoms with Gasteiger partial charge in [0.2, 0.25) is 35.4 Å². The third-order valence-electron chi connectivity index (χ3n) is 15.0. The fourth-order valence-corrected chi connectivity index (χ4v) is 10.5. The van der Waals surface area contributed by atoms with Gasteiger partial charge >= 0.3 is 5.97 Å². The number of pyridine rings is 2. The second kappa shape index (κ2) is 23.2. The van der Waals surface area contributed by atoms with Crippen LogP contribution in [-0.4, -0.2) is 118 Å². The lowest BCUT2D eigenvalue weighted by Gasteiger charge is -2.31. The van der Waals surface area contributed by atoms with Crippen LogP contribution < -0.4 is 37.5 Å². The molecule has 0 radical (unpaired) electrons. The number of carbonyl (C=O) groups excluding carboxylic acids is 9. The van der Waals surface area contributed by atoms with Crippen LogP contribution in [0.15, 0.2) is 59.4 Å². The van der Waals surface area contributed by atoms with E-state index >= 15 is 4.39 Å². The van der Waals surface area contributed by atoms with Crippen LogP contribution in [0.4, 0.5) is 4.39 Å². The number of hydrogen-bond donors (Lipinski definition) is 7. The molecule has 8 amide bonds. The highest BCUT2D eigenvalue weighted by Crippen LogP contribution is 2.46. The Balaban J connectivity index is 0.777. The number of benzene rings is 2. The Hall–Kier alpha value is -8.18. The van der Waals surface area contributed by atoms with Crippen LogP contribution in [0.1, 0.15) is 103 Å². The topological polar surface area (TPSA) is 303 Å². The molecule has 5 aliphatic rings. The number of ether oxygens (including phenoxy) is 2. The maximum absolute atomic E-state index is 15.5. The zero-order valence-electron chi connectivity index (χ0n) is 43.1. The normalized spacial score (nSPS) is 18.5. The summed E-state index contributed by atoms with van der Waals surface area (Å²) in [6.45, 7) is 1.45. The van der Waals surface area contributed by atoms with Crippen LogP contribution in [0.2, 0.25) is 0 Å². The number of amides is 8. The van der Waals surface area contributed by atoms with Crippen LogP contribution in [0.3, 0.4) is 0 Å². The average Bonchev–Trinajstić information content (AvgIpc) is 4.32. The van der Waals surface area contributed by atoms with E-state index in [2.05, 4.69) is 31.9 Å². The molecule has 7 N–H and O–H groups in total. The molecule has 2 aromatic heterocycles. The fourth-order valence-electron chi connectivity index (χ4n) is 10.5. The molecule has 5 heterocycles. The van der Waals surface area contributed by atoms with E-state index in [1.807, 2.05) is 0 Å². The van der Waals surface area contributed by atoms with Gasteiger partial charge in [-0.2, -0.15) is 0 Å². The molecule has 2 aromatic carbocycles. The number of hydrogen-bond acceptors (Lipinski definition) is 14. The van der Waals surface area contributed by atoms with Crippen molar-refractivity contribution in [3.63, 3.8) is 0 Å². The van der Waals surface area contributed by atoms with Gasteiger partial charge in [-0.05, 0) is 86.1 Å². The number of cyclic esters (lactones) is 1. The van der Waals surface area contributed by atoms with Gasteiger partial charge in [0, 0.05) is 54.1 Å². The molecule has 0 spiro atoms. The summed E-state index contributed by atoms with van der Waals surface area (Å²) in [4.78, 5) is 135. The molecule has 4 atom stereocenters. The number of fused-ring (bicyclic) bond motifs is 5. The number of nitrogens with one attached hydrogen (secondary N) is 6. The molecule has 78 heavy (non-hydrogen) atoms. The molecule has 410 valence electrons. The van der Waals surface area contributed by atoms with Gasteiger partial charge in [0.25, 0.3) is 17.4 Å². The summed E-state index contributed by atoms with van der Waals surface area (Å²) in [5.74, 6) is -5.79. The maximum Gasteiger partial charge on any atom is 0.343 e. The van der Waals surface area contributed by atoms with Crippen molar-refractivity contribution in [2.45, 2.75) is 115 Å².